The van der Waals surface area contributed by atoms with E-state index < -0.39 is 11.0 Å². The summed E-state index contributed by atoms with van der Waals surface area (Å²) in [5, 5.41) is 20.9. The van der Waals surface area contributed by atoms with Gasteiger partial charge in [0.25, 0.3) is 11.6 Å². The molecule has 2 N–H and O–H groups in total. The third-order valence-electron chi connectivity index (χ3n) is 4.06. The summed E-state index contributed by atoms with van der Waals surface area (Å²) in [5.41, 5.74) is 3.29. The van der Waals surface area contributed by atoms with E-state index in [1.807, 2.05) is 30.3 Å². The quantitative estimate of drug-likeness (QED) is 0.572. The minimum atomic E-state index is -0.471. The summed E-state index contributed by atoms with van der Waals surface area (Å²) in [7, 11) is 0. The number of non-ortho nitro benzene ring substituents is 1. The second-order valence-corrected chi connectivity index (χ2v) is 5.49. The molecule has 0 bridgehead atoms. The van der Waals surface area contributed by atoms with Crippen LogP contribution < -0.4 is 5.32 Å². The van der Waals surface area contributed by atoms with Gasteiger partial charge < -0.3 is 5.32 Å². The van der Waals surface area contributed by atoms with Gasteiger partial charge in [-0.1, -0.05) is 42.5 Å². The Hall–Kier alpha value is -3.48. The lowest BCUT2D eigenvalue weighted by Crippen LogP contribution is -2.21. The maximum Gasteiger partial charge on any atom is 0.270 e. The number of aromatic nitrogens is 2. The fraction of sp³-hybridized carbons (Fsp3) is 0.0588. The molecule has 0 spiro atoms. The maximum absolute atomic E-state index is 12.2. The van der Waals surface area contributed by atoms with E-state index >= 15 is 0 Å². The van der Waals surface area contributed by atoms with Gasteiger partial charge >= 0.3 is 0 Å². The van der Waals surface area contributed by atoms with E-state index in [1.54, 1.807) is 12.1 Å². The summed E-state index contributed by atoms with van der Waals surface area (Å²) < 4.78 is 0. The number of rotatable bonds is 3. The van der Waals surface area contributed by atoms with Crippen LogP contribution in [0.1, 0.15) is 27.7 Å². The number of amides is 1. The molecule has 1 aliphatic rings. The standard InChI is InChI=1S/C17H12N4O3/c22-17-16-13(15(19-20-16)10-5-2-1-3-6-10)14(18-17)11-7-4-8-12(9-11)21(23)24/h1-9,14H,(H,18,22)(H,19,20). The fourth-order valence-electron chi connectivity index (χ4n) is 2.96. The predicted molar refractivity (Wildman–Crippen MR) is 86.4 cm³/mol. The van der Waals surface area contributed by atoms with Gasteiger partial charge in [-0.15, -0.1) is 0 Å². The molecule has 0 radical (unpaired) electrons. The molecule has 0 aliphatic carbocycles. The summed E-state index contributed by atoms with van der Waals surface area (Å²) in [6, 6.07) is 15.3. The van der Waals surface area contributed by atoms with Gasteiger partial charge in [0.05, 0.1) is 16.7 Å². The Morgan fingerprint density at radius 3 is 2.62 bits per heavy atom. The second kappa shape index (κ2) is 5.31. The molecule has 1 aliphatic heterocycles. The van der Waals surface area contributed by atoms with Crippen LogP contribution >= 0.6 is 0 Å². The third kappa shape index (κ3) is 2.14. The Balaban J connectivity index is 1.85. The third-order valence-corrected chi connectivity index (χ3v) is 4.06. The Kier molecular flexibility index (Phi) is 3.13. The number of benzene rings is 2. The molecule has 4 rings (SSSR count). The highest BCUT2D eigenvalue weighted by molar-refractivity contribution is 6.00. The zero-order valence-corrected chi connectivity index (χ0v) is 12.4. The lowest BCUT2D eigenvalue weighted by Gasteiger charge is -2.13. The topological polar surface area (TPSA) is 101 Å². The Labute approximate surface area is 136 Å². The molecule has 118 valence electrons. The lowest BCUT2D eigenvalue weighted by molar-refractivity contribution is -0.384. The van der Waals surface area contributed by atoms with Crippen LogP contribution in [0.2, 0.25) is 0 Å². The van der Waals surface area contributed by atoms with Gasteiger partial charge in [-0.2, -0.15) is 5.10 Å². The highest BCUT2D eigenvalue weighted by atomic mass is 16.6. The summed E-state index contributed by atoms with van der Waals surface area (Å²) in [5.74, 6) is -0.267. The van der Waals surface area contributed by atoms with E-state index in [9.17, 15) is 14.9 Å². The van der Waals surface area contributed by atoms with E-state index in [1.165, 1.54) is 12.1 Å². The van der Waals surface area contributed by atoms with Gasteiger partial charge in [0.2, 0.25) is 0 Å². The van der Waals surface area contributed by atoms with E-state index in [2.05, 4.69) is 15.5 Å². The number of H-pyrrole nitrogens is 1. The molecule has 7 heteroatoms. The number of fused-ring (bicyclic) bond motifs is 1. The number of carbonyl (C=O) groups is 1. The minimum absolute atomic E-state index is 0.0139. The fourth-order valence-corrected chi connectivity index (χ4v) is 2.96. The predicted octanol–water partition coefficient (Wildman–Crippen LogP) is 2.82. The molecule has 2 aromatic carbocycles. The van der Waals surface area contributed by atoms with Gasteiger partial charge in [0.15, 0.2) is 0 Å². The molecule has 0 saturated carbocycles. The number of aromatic amines is 1. The van der Waals surface area contributed by atoms with Crippen LogP contribution in [0.5, 0.6) is 0 Å². The monoisotopic (exact) mass is 320 g/mol. The summed E-state index contributed by atoms with van der Waals surface area (Å²) >= 11 is 0. The van der Waals surface area contributed by atoms with Gasteiger partial charge in [-0.05, 0) is 5.56 Å². The largest absolute Gasteiger partial charge is 0.340 e. The Bertz CT molecular complexity index is 949. The molecular formula is C17H12N4O3. The van der Waals surface area contributed by atoms with Crippen LogP contribution in [-0.2, 0) is 0 Å². The van der Waals surface area contributed by atoms with Crippen molar-refractivity contribution in [3.05, 3.63) is 81.5 Å². The van der Waals surface area contributed by atoms with Gasteiger partial charge in [0, 0.05) is 23.3 Å². The van der Waals surface area contributed by atoms with Crippen molar-refractivity contribution in [3.63, 3.8) is 0 Å². The first-order valence-corrected chi connectivity index (χ1v) is 7.34. The molecule has 1 aromatic heterocycles. The van der Waals surface area contributed by atoms with Crippen molar-refractivity contribution < 1.29 is 9.72 Å². The first kappa shape index (κ1) is 14.1. The zero-order chi connectivity index (χ0) is 16.7. The van der Waals surface area contributed by atoms with Crippen LogP contribution in [0.15, 0.2) is 54.6 Å². The van der Waals surface area contributed by atoms with E-state index in [0.29, 0.717) is 22.5 Å². The smallest absolute Gasteiger partial charge is 0.270 e. The number of nitrogens with one attached hydrogen (secondary N) is 2. The summed E-state index contributed by atoms with van der Waals surface area (Å²) in [4.78, 5) is 22.8. The lowest BCUT2D eigenvalue weighted by atomic mass is 9.96. The van der Waals surface area contributed by atoms with Crippen molar-refractivity contribution in [1.29, 1.82) is 0 Å². The molecule has 2 heterocycles. The van der Waals surface area contributed by atoms with Gasteiger partial charge in [0.1, 0.15) is 5.69 Å². The number of nitro benzene ring substituents is 1. The van der Waals surface area contributed by atoms with Crippen molar-refractivity contribution in [2.75, 3.05) is 0 Å². The molecule has 0 fully saturated rings. The van der Waals surface area contributed by atoms with Crippen LogP contribution in [0.4, 0.5) is 5.69 Å². The first-order valence-electron chi connectivity index (χ1n) is 7.34. The number of nitro groups is 1. The molecule has 7 nitrogen and oxygen atoms in total. The van der Waals surface area contributed by atoms with Crippen molar-refractivity contribution in [1.82, 2.24) is 15.5 Å². The Morgan fingerprint density at radius 1 is 1.08 bits per heavy atom. The molecule has 24 heavy (non-hydrogen) atoms. The molecule has 1 unspecified atom stereocenters. The van der Waals surface area contributed by atoms with Crippen molar-refractivity contribution in [2.24, 2.45) is 0 Å². The number of hydrogen-bond acceptors (Lipinski definition) is 4. The van der Waals surface area contributed by atoms with Crippen LogP contribution in [0.25, 0.3) is 11.3 Å². The normalized spacial score (nSPS) is 15.8. The average Bonchev–Trinajstić information content (AvgIpc) is 3.17. The van der Waals surface area contributed by atoms with Gasteiger partial charge in [-0.3, -0.25) is 20.0 Å². The SMILES string of the molecule is O=C1NC(c2cccc([N+](=O)[O-])c2)c2c(-c3ccccc3)n[nH]c21. The number of hydrogen-bond donors (Lipinski definition) is 2. The maximum atomic E-state index is 12.2. The van der Waals surface area contributed by atoms with Crippen LogP contribution in [0.3, 0.4) is 0 Å². The highest BCUT2D eigenvalue weighted by Crippen LogP contribution is 2.37. The number of nitrogens with zero attached hydrogens (tertiary/aromatic N) is 2. The number of carbonyl (C=O) groups excluding carboxylic acids is 1. The second-order valence-electron chi connectivity index (χ2n) is 5.49. The molecular weight excluding hydrogens is 308 g/mol. The molecule has 0 saturated heterocycles. The van der Waals surface area contributed by atoms with Crippen LogP contribution in [-0.4, -0.2) is 21.0 Å². The molecule has 1 amide bonds. The van der Waals surface area contributed by atoms with Crippen molar-refractivity contribution in [3.8, 4) is 11.3 Å². The average molecular weight is 320 g/mol. The van der Waals surface area contributed by atoms with Crippen LogP contribution in [0, 0.1) is 10.1 Å². The molecule has 3 aromatic rings. The van der Waals surface area contributed by atoms with Crippen molar-refractivity contribution >= 4 is 11.6 Å². The summed E-state index contributed by atoms with van der Waals surface area (Å²) in [6.45, 7) is 0. The summed E-state index contributed by atoms with van der Waals surface area (Å²) in [6.07, 6.45) is 0. The highest BCUT2D eigenvalue weighted by Gasteiger charge is 2.35. The first-order chi connectivity index (χ1) is 11.6. The minimum Gasteiger partial charge on any atom is -0.340 e. The van der Waals surface area contributed by atoms with E-state index in [-0.39, 0.29) is 11.6 Å². The molecule has 1 atom stereocenters. The Morgan fingerprint density at radius 2 is 1.88 bits per heavy atom. The zero-order valence-electron chi connectivity index (χ0n) is 12.4. The van der Waals surface area contributed by atoms with E-state index in [0.717, 1.165) is 5.56 Å². The van der Waals surface area contributed by atoms with Gasteiger partial charge in [-0.25, -0.2) is 0 Å². The van der Waals surface area contributed by atoms with Crippen molar-refractivity contribution in [2.45, 2.75) is 6.04 Å². The van der Waals surface area contributed by atoms with E-state index in [4.69, 9.17) is 0 Å².